The van der Waals surface area contributed by atoms with E-state index in [0.717, 1.165) is 30.4 Å². The van der Waals surface area contributed by atoms with E-state index in [1.54, 1.807) is 0 Å². The Labute approximate surface area is 143 Å². The van der Waals surface area contributed by atoms with Crippen molar-refractivity contribution >= 4 is 5.91 Å². The molecule has 2 unspecified atom stereocenters. The highest BCUT2D eigenvalue weighted by atomic mass is 16.3. The standard InChI is InChI=1S/C21H25NO2/c23-15-7-12-19(16-8-3-1-4-9-16)22-21(24)20(18-13-14-18)17-10-5-2-6-11-17/h1-6,8-11,18-20,23H,7,12-15H2,(H,22,24). The zero-order valence-electron chi connectivity index (χ0n) is 13.9. The van der Waals surface area contributed by atoms with Crippen LogP contribution in [0.15, 0.2) is 60.7 Å². The molecule has 0 spiro atoms. The molecule has 1 saturated carbocycles. The summed E-state index contributed by atoms with van der Waals surface area (Å²) in [6.45, 7) is 0.143. The van der Waals surface area contributed by atoms with Gasteiger partial charge in [-0.2, -0.15) is 0 Å². The number of benzene rings is 2. The van der Waals surface area contributed by atoms with Gasteiger partial charge in [-0.3, -0.25) is 4.79 Å². The van der Waals surface area contributed by atoms with Gasteiger partial charge in [0.15, 0.2) is 0 Å². The van der Waals surface area contributed by atoms with Crippen LogP contribution in [-0.2, 0) is 4.79 Å². The van der Waals surface area contributed by atoms with Crippen LogP contribution < -0.4 is 5.32 Å². The van der Waals surface area contributed by atoms with E-state index in [1.807, 2.05) is 60.7 Å². The quantitative estimate of drug-likeness (QED) is 0.776. The Kier molecular flexibility index (Phi) is 5.65. The molecule has 2 atom stereocenters. The van der Waals surface area contributed by atoms with E-state index in [2.05, 4.69) is 5.32 Å². The SMILES string of the molecule is O=C(NC(CCCO)c1ccccc1)C(c1ccccc1)C1CC1. The monoisotopic (exact) mass is 323 g/mol. The van der Waals surface area contributed by atoms with E-state index in [9.17, 15) is 4.79 Å². The summed E-state index contributed by atoms with van der Waals surface area (Å²) in [4.78, 5) is 13.0. The maximum Gasteiger partial charge on any atom is 0.228 e. The molecule has 3 heteroatoms. The normalized spacial score (nSPS) is 16.4. The van der Waals surface area contributed by atoms with Gasteiger partial charge in [-0.25, -0.2) is 0 Å². The number of hydrogen-bond acceptors (Lipinski definition) is 2. The molecule has 0 bridgehead atoms. The molecule has 3 rings (SSSR count). The van der Waals surface area contributed by atoms with Crippen molar-refractivity contribution < 1.29 is 9.90 Å². The highest BCUT2D eigenvalue weighted by Crippen LogP contribution is 2.43. The molecule has 1 aliphatic carbocycles. The molecule has 1 amide bonds. The van der Waals surface area contributed by atoms with Crippen LogP contribution in [0.4, 0.5) is 0 Å². The first-order chi connectivity index (χ1) is 11.8. The van der Waals surface area contributed by atoms with Gasteiger partial charge in [0.25, 0.3) is 0 Å². The van der Waals surface area contributed by atoms with Gasteiger partial charge < -0.3 is 10.4 Å². The van der Waals surface area contributed by atoms with Gasteiger partial charge in [0, 0.05) is 6.61 Å². The molecule has 1 aliphatic rings. The van der Waals surface area contributed by atoms with Gasteiger partial charge in [-0.1, -0.05) is 60.7 Å². The zero-order chi connectivity index (χ0) is 16.8. The van der Waals surface area contributed by atoms with E-state index in [1.165, 1.54) is 0 Å². The third-order valence-electron chi connectivity index (χ3n) is 4.70. The topological polar surface area (TPSA) is 49.3 Å². The van der Waals surface area contributed by atoms with Crippen molar-refractivity contribution in [2.75, 3.05) is 6.61 Å². The van der Waals surface area contributed by atoms with Crippen molar-refractivity contribution in [3.05, 3.63) is 71.8 Å². The number of aliphatic hydroxyl groups is 1. The number of nitrogens with one attached hydrogen (secondary N) is 1. The molecular formula is C21H25NO2. The fraction of sp³-hybridized carbons (Fsp3) is 0.381. The summed E-state index contributed by atoms with van der Waals surface area (Å²) in [5.41, 5.74) is 2.20. The molecule has 3 nitrogen and oxygen atoms in total. The lowest BCUT2D eigenvalue weighted by atomic mass is 9.92. The number of amides is 1. The maximum absolute atomic E-state index is 13.0. The Bertz CT molecular complexity index is 637. The van der Waals surface area contributed by atoms with Gasteiger partial charge in [-0.15, -0.1) is 0 Å². The summed E-state index contributed by atoms with van der Waals surface area (Å²) >= 11 is 0. The van der Waals surface area contributed by atoms with Crippen molar-refractivity contribution in [2.45, 2.75) is 37.6 Å². The summed E-state index contributed by atoms with van der Waals surface area (Å²) in [5, 5.41) is 12.4. The Morgan fingerprint density at radius 1 is 1.00 bits per heavy atom. The highest BCUT2D eigenvalue weighted by Gasteiger charge is 2.37. The van der Waals surface area contributed by atoms with Crippen LogP contribution in [0.25, 0.3) is 0 Å². The fourth-order valence-electron chi connectivity index (χ4n) is 3.29. The molecule has 0 aliphatic heterocycles. The number of rotatable bonds is 8. The largest absolute Gasteiger partial charge is 0.396 e. The van der Waals surface area contributed by atoms with Crippen LogP contribution in [0, 0.1) is 5.92 Å². The molecule has 1 fully saturated rings. The first-order valence-corrected chi connectivity index (χ1v) is 8.80. The lowest BCUT2D eigenvalue weighted by Gasteiger charge is -2.23. The van der Waals surface area contributed by atoms with Gasteiger partial charge in [-0.05, 0) is 42.7 Å². The second kappa shape index (κ2) is 8.11. The Balaban J connectivity index is 1.76. The molecule has 0 aromatic heterocycles. The minimum atomic E-state index is -0.0634. The molecular weight excluding hydrogens is 298 g/mol. The molecule has 2 aromatic carbocycles. The third-order valence-corrected chi connectivity index (χ3v) is 4.70. The van der Waals surface area contributed by atoms with Gasteiger partial charge >= 0.3 is 0 Å². The van der Waals surface area contributed by atoms with Crippen LogP contribution in [0.3, 0.4) is 0 Å². The highest BCUT2D eigenvalue weighted by molar-refractivity contribution is 5.84. The summed E-state index contributed by atoms with van der Waals surface area (Å²) in [6, 6.07) is 20.1. The van der Waals surface area contributed by atoms with Crippen molar-refractivity contribution in [3.63, 3.8) is 0 Å². The van der Waals surface area contributed by atoms with Crippen molar-refractivity contribution in [1.82, 2.24) is 5.32 Å². The Morgan fingerprint density at radius 3 is 2.12 bits per heavy atom. The minimum Gasteiger partial charge on any atom is -0.396 e. The van der Waals surface area contributed by atoms with Gasteiger partial charge in [0.1, 0.15) is 0 Å². The predicted octanol–water partition coefficient (Wildman–Crippen LogP) is 3.81. The van der Waals surface area contributed by atoms with E-state index >= 15 is 0 Å². The zero-order valence-corrected chi connectivity index (χ0v) is 13.9. The summed E-state index contributed by atoms with van der Waals surface area (Å²) < 4.78 is 0. The number of hydrogen-bond donors (Lipinski definition) is 2. The number of carbonyl (C=O) groups excluding carboxylic acids is 1. The Morgan fingerprint density at radius 2 is 1.58 bits per heavy atom. The fourth-order valence-corrected chi connectivity index (χ4v) is 3.29. The second-order valence-electron chi connectivity index (χ2n) is 6.56. The molecule has 0 heterocycles. The van der Waals surface area contributed by atoms with Gasteiger partial charge in [0.05, 0.1) is 12.0 Å². The minimum absolute atomic E-state index is 0.0455. The molecule has 0 radical (unpaired) electrons. The van der Waals surface area contributed by atoms with Crippen LogP contribution in [0.2, 0.25) is 0 Å². The van der Waals surface area contributed by atoms with Crippen LogP contribution >= 0.6 is 0 Å². The lowest BCUT2D eigenvalue weighted by molar-refractivity contribution is -0.123. The van der Waals surface area contributed by atoms with Crippen LogP contribution in [-0.4, -0.2) is 17.6 Å². The maximum atomic E-state index is 13.0. The summed E-state index contributed by atoms with van der Waals surface area (Å²) in [5.74, 6) is 0.503. The van der Waals surface area contributed by atoms with Crippen molar-refractivity contribution in [2.24, 2.45) is 5.92 Å². The van der Waals surface area contributed by atoms with Crippen molar-refractivity contribution in [1.29, 1.82) is 0 Å². The number of carbonyl (C=O) groups is 1. The van der Waals surface area contributed by atoms with E-state index < -0.39 is 0 Å². The first-order valence-electron chi connectivity index (χ1n) is 8.80. The van der Waals surface area contributed by atoms with E-state index in [0.29, 0.717) is 12.3 Å². The predicted molar refractivity (Wildman–Crippen MR) is 95.6 cm³/mol. The van der Waals surface area contributed by atoms with Gasteiger partial charge in [0.2, 0.25) is 5.91 Å². The smallest absolute Gasteiger partial charge is 0.228 e. The van der Waals surface area contributed by atoms with E-state index in [-0.39, 0.29) is 24.5 Å². The van der Waals surface area contributed by atoms with Crippen molar-refractivity contribution in [3.8, 4) is 0 Å². The van der Waals surface area contributed by atoms with Crippen LogP contribution in [0.5, 0.6) is 0 Å². The molecule has 126 valence electrons. The molecule has 2 N–H and O–H groups in total. The Hall–Kier alpha value is -2.13. The summed E-state index contributed by atoms with van der Waals surface area (Å²) in [7, 11) is 0. The average Bonchev–Trinajstić information content (AvgIpc) is 3.45. The van der Waals surface area contributed by atoms with Crippen LogP contribution in [0.1, 0.15) is 48.8 Å². The average molecular weight is 323 g/mol. The lowest BCUT2D eigenvalue weighted by Crippen LogP contribution is -2.34. The number of aliphatic hydroxyl groups excluding tert-OH is 1. The molecule has 24 heavy (non-hydrogen) atoms. The molecule has 2 aromatic rings. The molecule has 0 saturated heterocycles. The first kappa shape index (κ1) is 16.7. The summed E-state index contributed by atoms with van der Waals surface area (Å²) in [6.07, 6.45) is 3.68. The second-order valence-corrected chi connectivity index (χ2v) is 6.56. The third kappa shape index (κ3) is 4.24. The van der Waals surface area contributed by atoms with E-state index in [4.69, 9.17) is 5.11 Å².